The van der Waals surface area contributed by atoms with Gasteiger partial charge in [-0.1, -0.05) is 65.0 Å². The number of ether oxygens (including phenoxy) is 1. The van der Waals surface area contributed by atoms with Crippen molar-refractivity contribution in [2.75, 3.05) is 6.61 Å². The lowest BCUT2D eigenvalue weighted by Crippen LogP contribution is -2.31. The number of aryl methyl sites for hydroxylation is 3. The van der Waals surface area contributed by atoms with Gasteiger partial charge in [-0.25, -0.2) is 0 Å². The Bertz CT molecular complexity index is 1020. The first-order valence-electron chi connectivity index (χ1n) is 13.3. The molecule has 192 valence electrons. The monoisotopic (exact) mass is 479 g/mol. The summed E-state index contributed by atoms with van der Waals surface area (Å²) in [6.45, 7) is 15.6. The molecule has 0 saturated carbocycles. The predicted octanol–water partition coefficient (Wildman–Crippen LogP) is 6.41. The van der Waals surface area contributed by atoms with Crippen LogP contribution in [0.3, 0.4) is 0 Å². The van der Waals surface area contributed by atoms with Gasteiger partial charge >= 0.3 is 0 Å². The van der Waals surface area contributed by atoms with Crippen molar-refractivity contribution in [2.45, 2.75) is 105 Å². The molecule has 0 spiro atoms. The molecule has 0 aliphatic carbocycles. The van der Waals surface area contributed by atoms with E-state index in [0.717, 1.165) is 43.4 Å². The van der Waals surface area contributed by atoms with Crippen LogP contribution >= 0.6 is 0 Å². The summed E-state index contributed by atoms with van der Waals surface area (Å²) in [6, 6.07) is 13.6. The van der Waals surface area contributed by atoms with Crippen molar-refractivity contribution in [2.24, 2.45) is 5.41 Å². The standard InChI is InChI=1S/C31H45NO3/c1-8-31(9-2,24-12-10-23(21(3)18-24)11-16-28(33)30(5,6)7)25-13-15-27(22(4)19-25)35-20-26-14-17-29(34)32-26/h10,12-13,15,18-19,26,28,33H,8-9,11,14,16-17,20H2,1-7H3,(H,32,34)/t26?,28-/m1/s1. The van der Waals surface area contributed by atoms with E-state index in [0.29, 0.717) is 13.0 Å². The maximum absolute atomic E-state index is 11.5. The molecule has 0 aromatic heterocycles. The van der Waals surface area contributed by atoms with E-state index in [9.17, 15) is 9.90 Å². The van der Waals surface area contributed by atoms with E-state index in [1.165, 1.54) is 22.3 Å². The number of rotatable bonds is 10. The van der Waals surface area contributed by atoms with Crippen LogP contribution in [0.4, 0.5) is 0 Å². The highest BCUT2D eigenvalue weighted by Crippen LogP contribution is 2.41. The zero-order valence-electron chi connectivity index (χ0n) is 22.8. The number of aliphatic hydroxyl groups is 1. The Labute approximate surface area is 212 Å². The lowest BCUT2D eigenvalue weighted by molar-refractivity contribution is -0.119. The summed E-state index contributed by atoms with van der Waals surface area (Å²) in [5.41, 5.74) is 6.26. The Balaban J connectivity index is 1.80. The number of aliphatic hydroxyl groups excluding tert-OH is 1. The van der Waals surface area contributed by atoms with Gasteiger partial charge < -0.3 is 15.2 Å². The van der Waals surface area contributed by atoms with Gasteiger partial charge in [0, 0.05) is 11.8 Å². The number of amides is 1. The maximum atomic E-state index is 11.5. The van der Waals surface area contributed by atoms with E-state index in [1.807, 2.05) is 0 Å². The Morgan fingerprint density at radius 3 is 2.17 bits per heavy atom. The topological polar surface area (TPSA) is 58.6 Å². The number of nitrogens with one attached hydrogen (secondary N) is 1. The minimum absolute atomic E-state index is 0.0586. The molecule has 0 bridgehead atoms. The van der Waals surface area contributed by atoms with Gasteiger partial charge in [-0.2, -0.15) is 0 Å². The molecule has 1 heterocycles. The number of hydrogen-bond donors (Lipinski definition) is 2. The fourth-order valence-electron chi connectivity index (χ4n) is 5.33. The van der Waals surface area contributed by atoms with Crippen LogP contribution in [0, 0.1) is 19.3 Å². The van der Waals surface area contributed by atoms with Gasteiger partial charge in [0.05, 0.1) is 12.1 Å². The largest absolute Gasteiger partial charge is 0.491 e. The van der Waals surface area contributed by atoms with Crippen molar-refractivity contribution < 1.29 is 14.6 Å². The SMILES string of the molecule is CCC(CC)(c1ccc(CC[C@@H](O)C(C)(C)C)c(C)c1)c1ccc(OCC2CCC(=O)N2)c(C)c1. The zero-order chi connectivity index (χ0) is 25.8. The molecule has 2 atom stereocenters. The molecule has 2 N–H and O–H groups in total. The first kappa shape index (κ1) is 27.3. The van der Waals surface area contributed by atoms with Gasteiger partial charge in [0.2, 0.25) is 5.91 Å². The molecule has 1 amide bonds. The summed E-state index contributed by atoms with van der Waals surface area (Å²) < 4.78 is 6.08. The lowest BCUT2D eigenvalue weighted by Gasteiger charge is -2.34. The van der Waals surface area contributed by atoms with E-state index in [2.05, 4.69) is 90.2 Å². The molecule has 1 saturated heterocycles. The van der Waals surface area contributed by atoms with Crippen molar-refractivity contribution in [3.8, 4) is 5.75 Å². The number of carbonyl (C=O) groups excluding carboxylic acids is 1. The summed E-state index contributed by atoms with van der Waals surface area (Å²) in [5, 5.41) is 13.5. The molecule has 35 heavy (non-hydrogen) atoms. The molecule has 2 aromatic rings. The summed E-state index contributed by atoms with van der Waals surface area (Å²) >= 11 is 0. The molecule has 0 radical (unpaired) electrons. The smallest absolute Gasteiger partial charge is 0.220 e. The third kappa shape index (κ3) is 6.27. The first-order chi connectivity index (χ1) is 16.5. The van der Waals surface area contributed by atoms with Crippen molar-refractivity contribution >= 4 is 5.91 Å². The molecule has 1 aliphatic heterocycles. The Morgan fingerprint density at radius 2 is 1.66 bits per heavy atom. The third-order valence-corrected chi connectivity index (χ3v) is 8.04. The van der Waals surface area contributed by atoms with Gasteiger partial charge in [-0.3, -0.25) is 4.79 Å². The number of carbonyl (C=O) groups is 1. The normalized spacial score (nSPS) is 17.4. The first-order valence-corrected chi connectivity index (χ1v) is 13.3. The van der Waals surface area contributed by atoms with Crippen LogP contribution < -0.4 is 10.1 Å². The Hall–Kier alpha value is -2.33. The van der Waals surface area contributed by atoms with E-state index in [4.69, 9.17) is 4.74 Å². The fourth-order valence-corrected chi connectivity index (χ4v) is 5.33. The van der Waals surface area contributed by atoms with E-state index >= 15 is 0 Å². The maximum Gasteiger partial charge on any atom is 0.220 e. The summed E-state index contributed by atoms with van der Waals surface area (Å²) in [7, 11) is 0. The summed E-state index contributed by atoms with van der Waals surface area (Å²) in [5.74, 6) is 1.01. The van der Waals surface area contributed by atoms with Crippen LogP contribution in [0.1, 0.15) is 94.5 Å². The second kappa shape index (κ2) is 11.2. The van der Waals surface area contributed by atoms with Crippen LogP contribution in [0.2, 0.25) is 0 Å². The zero-order valence-corrected chi connectivity index (χ0v) is 22.8. The molecule has 4 heteroatoms. The predicted molar refractivity (Wildman–Crippen MR) is 144 cm³/mol. The highest BCUT2D eigenvalue weighted by molar-refractivity contribution is 5.78. The van der Waals surface area contributed by atoms with Gasteiger partial charge in [0.1, 0.15) is 12.4 Å². The van der Waals surface area contributed by atoms with Crippen LogP contribution in [0.5, 0.6) is 5.75 Å². The third-order valence-electron chi connectivity index (χ3n) is 8.04. The van der Waals surface area contributed by atoms with Crippen molar-refractivity contribution in [1.29, 1.82) is 0 Å². The average molecular weight is 480 g/mol. The second-order valence-electron chi connectivity index (χ2n) is 11.4. The molecule has 1 unspecified atom stereocenters. The fraction of sp³-hybridized carbons (Fsp3) is 0.581. The van der Waals surface area contributed by atoms with Crippen molar-refractivity contribution in [1.82, 2.24) is 5.32 Å². The number of benzene rings is 2. The molecular formula is C31H45NO3. The molecule has 4 nitrogen and oxygen atoms in total. The van der Waals surface area contributed by atoms with Crippen molar-refractivity contribution in [3.05, 3.63) is 64.2 Å². The van der Waals surface area contributed by atoms with Crippen LogP contribution in [-0.4, -0.2) is 29.8 Å². The van der Waals surface area contributed by atoms with Crippen LogP contribution in [0.25, 0.3) is 0 Å². The average Bonchev–Trinajstić information content (AvgIpc) is 3.23. The van der Waals surface area contributed by atoms with Gasteiger partial charge in [-0.15, -0.1) is 0 Å². The minimum atomic E-state index is -0.305. The molecule has 1 aliphatic rings. The summed E-state index contributed by atoms with van der Waals surface area (Å²) in [6.07, 6.45) is 4.83. The highest BCUT2D eigenvalue weighted by Gasteiger charge is 2.32. The van der Waals surface area contributed by atoms with Gasteiger partial charge in [0.15, 0.2) is 0 Å². The quantitative estimate of drug-likeness (QED) is 0.414. The van der Waals surface area contributed by atoms with E-state index in [1.54, 1.807) is 0 Å². The molecule has 2 aromatic carbocycles. The number of hydrogen-bond acceptors (Lipinski definition) is 3. The molecular weight excluding hydrogens is 434 g/mol. The van der Waals surface area contributed by atoms with Crippen LogP contribution in [0.15, 0.2) is 36.4 Å². The van der Waals surface area contributed by atoms with Gasteiger partial charge in [-0.05, 0) is 85.3 Å². The Morgan fingerprint density at radius 1 is 1.03 bits per heavy atom. The van der Waals surface area contributed by atoms with Crippen LogP contribution in [-0.2, 0) is 16.6 Å². The minimum Gasteiger partial charge on any atom is -0.491 e. The Kier molecular flexibility index (Phi) is 8.69. The molecule has 1 fully saturated rings. The van der Waals surface area contributed by atoms with Crippen molar-refractivity contribution in [3.63, 3.8) is 0 Å². The van der Waals surface area contributed by atoms with E-state index < -0.39 is 0 Å². The lowest BCUT2D eigenvalue weighted by atomic mass is 9.69. The second-order valence-corrected chi connectivity index (χ2v) is 11.4. The molecule has 3 rings (SSSR count). The summed E-state index contributed by atoms with van der Waals surface area (Å²) in [4.78, 5) is 11.5. The highest BCUT2D eigenvalue weighted by atomic mass is 16.5. The van der Waals surface area contributed by atoms with E-state index in [-0.39, 0.29) is 28.9 Å². The van der Waals surface area contributed by atoms with Gasteiger partial charge in [0.25, 0.3) is 0 Å².